The number of hydrogen-bond acceptors (Lipinski definition) is 2. The van der Waals surface area contributed by atoms with Crippen molar-refractivity contribution in [1.82, 2.24) is 0 Å². The Hall–Kier alpha value is -0.710. The second kappa shape index (κ2) is 4.43. The van der Waals surface area contributed by atoms with E-state index in [1.54, 1.807) is 18.2 Å². The van der Waals surface area contributed by atoms with Crippen LogP contribution >= 0.6 is 27.3 Å². The molecule has 1 atom stereocenters. The van der Waals surface area contributed by atoms with Crippen molar-refractivity contribution in [2.24, 2.45) is 0 Å². The van der Waals surface area contributed by atoms with Gasteiger partial charge >= 0.3 is 0 Å². The van der Waals surface area contributed by atoms with Crippen molar-refractivity contribution in [3.05, 3.63) is 56.4 Å². The number of halogens is 2. The topological polar surface area (TPSA) is 20.2 Å². The van der Waals surface area contributed by atoms with Crippen molar-refractivity contribution < 1.29 is 9.50 Å². The van der Waals surface area contributed by atoms with Crippen LogP contribution in [0.3, 0.4) is 0 Å². The molecule has 0 aliphatic rings. The van der Waals surface area contributed by atoms with Crippen LogP contribution in [0, 0.1) is 5.82 Å². The summed E-state index contributed by atoms with van der Waals surface area (Å²) in [4.78, 5) is 0.722. The monoisotopic (exact) mass is 286 g/mol. The lowest BCUT2D eigenvalue weighted by Crippen LogP contribution is -2.00. The summed E-state index contributed by atoms with van der Waals surface area (Å²) in [7, 11) is 0. The molecule has 0 amide bonds. The molecule has 1 aromatic carbocycles. The lowest BCUT2D eigenvalue weighted by molar-refractivity contribution is 0.218. The van der Waals surface area contributed by atoms with Crippen LogP contribution in [0.15, 0.2) is 40.2 Å². The number of benzene rings is 1. The maximum absolute atomic E-state index is 13.4. The molecule has 1 nitrogen and oxygen atoms in total. The smallest absolute Gasteiger partial charge is 0.129 e. The zero-order valence-corrected chi connectivity index (χ0v) is 10.1. The number of hydrogen-bond donors (Lipinski definition) is 1. The second-order valence-corrected chi connectivity index (χ2v) is 4.86. The van der Waals surface area contributed by atoms with Gasteiger partial charge in [-0.15, -0.1) is 11.3 Å². The molecule has 1 heterocycles. The Morgan fingerprint density at radius 3 is 2.60 bits per heavy atom. The molecule has 0 aliphatic heterocycles. The molecule has 0 saturated heterocycles. The van der Waals surface area contributed by atoms with Crippen LogP contribution in [-0.2, 0) is 0 Å². The predicted octanol–water partition coefficient (Wildman–Crippen LogP) is 3.73. The van der Waals surface area contributed by atoms with Gasteiger partial charge in [0.1, 0.15) is 11.9 Å². The molecule has 0 bridgehead atoms. The first-order valence-electron chi connectivity index (χ1n) is 4.35. The number of aliphatic hydroxyl groups excluding tert-OH is 1. The Labute approximate surface area is 99.3 Å². The summed E-state index contributed by atoms with van der Waals surface area (Å²) in [6, 6.07) is 8.09. The van der Waals surface area contributed by atoms with Gasteiger partial charge in [0.15, 0.2) is 0 Å². The SMILES string of the molecule is OC(c1ccccc1F)c1sccc1Br. The highest BCUT2D eigenvalue weighted by atomic mass is 79.9. The van der Waals surface area contributed by atoms with E-state index in [1.807, 2.05) is 11.4 Å². The molecule has 1 unspecified atom stereocenters. The highest BCUT2D eigenvalue weighted by Gasteiger charge is 2.17. The van der Waals surface area contributed by atoms with Gasteiger partial charge < -0.3 is 5.11 Å². The van der Waals surface area contributed by atoms with E-state index >= 15 is 0 Å². The molecule has 0 spiro atoms. The first-order valence-corrected chi connectivity index (χ1v) is 6.03. The van der Waals surface area contributed by atoms with Gasteiger partial charge in [0.05, 0.1) is 4.88 Å². The fourth-order valence-corrected chi connectivity index (χ4v) is 2.93. The fraction of sp³-hybridized carbons (Fsp3) is 0.0909. The van der Waals surface area contributed by atoms with Gasteiger partial charge in [-0.05, 0) is 33.4 Å². The van der Waals surface area contributed by atoms with Crippen LogP contribution in [0.25, 0.3) is 0 Å². The van der Waals surface area contributed by atoms with Gasteiger partial charge in [0.2, 0.25) is 0 Å². The van der Waals surface area contributed by atoms with Gasteiger partial charge in [-0.1, -0.05) is 18.2 Å². The van der Waals surface area contributed by atoms with Crippen molar-refractivity contribution in [3.8, 4) is 0 Å². The lowest BCUT2D eigenvalue weighted by Gasteiger charge is -2.10. The van der Waals surface area contributed by atoms with Gasteiger partial charge in [-0.2, -0.15) is 0 Å². The van der Waals surface area contributed by atoms with Crippen LogP contribution in [0.2, 0.25) is 0 Å². The molecule has 1 aromatic heterocycles. The molecular formula is C11H8BrFOS. The third-order valence-electron chi connectivity index (χ3n) is 2.09. The zero-order valence-electron chi connectivity index (χ0n) is 7.65. The summed E-state index contributed by atoms with van der Waals surface area (Å²) in [5, 5.41) is 11.8. The van der Waals surface area contributed by atoms with Crippen molar-refractivity contribution in [2.45, 2.75) is 6.10 Å². The van der Waals surface area contributed by atoms with E-state index in [0.717, 1.165) is 9.35 Å². The largest absolute Gasteiger partial charge is 0.383 e. The summed E-state index contributed by atoms with van der Waals surface area (Å²) in [6.07, 6.45) is -0.902. The molecule has 4 heteroatoms. The average molecular weight is 287 g/mol. The van der Waals surface area contributed by atoms with Gasteiger partial charge in [-0.3, -0.25) is 0 Å². The summed E-state index contributed by atoms with van der Waals surface area (Å²) in [5.74, 6) is -0.384. The molecule has 2 aromatic rings. The summed E-state index contributed by atoms with van der Waals surface area (Å²) in [6.45, 7) is 0. The van der Waals surface area contributed by atoms with Crippen LogP contribution in [-0.4, -0.2) is 5.11 Å². The molecule has 0 fully saturated rings. The van der Waals surface area contributed by atoms with Crippen molar-refractivity contribution >= 4 is 27.3 Å². The maximum atomic E-state index is 13.4. The minimum atomic E-state index is -0.902. The summed E-state index contributed by atoms with van der Waals surface area (Å²) in [5.41, 5.74) is 0.306. The van der Waals surface area contributed by atoms with Crippen molar-refractivity contribution in [1.29, 1.82) is 0 Å². The first-order chi connectivity index (χ1) is 7.20. The summed E-state index contributed by atoms with van der Waals surface area (Å²) >= 11 is 4.71. The van der Waals surface area contributed by atoms with Gasteiger partial charge in [-0.25, -0.2) is 4.39 Å². The Bertz CT molecular complexity index is 469. The van der Waals surface area contributed by atoms with E-state index in [4.69, 9.17) is 0 Å². The van der Waals surface area contributed by atoms with E-state index in [1.165, 1.54) is 17.4 Å². The van der Waals surface area contributed by atoms with Crippen LogP contribution in [0.1, 0.15) is 16.5 Å². The third kappa shape index (κ3) is 2.12. The van der Waals surface area contributed by atoms with Crippen LogP contribution < -0.4 is 0 Å². The molecule has 78 valence electrons. The molecule has 0 saturated carbocycles. The molecule has 1 N–H and O–H groups in total. The Morgan fingerprint density at radius 2 is 2.00 bits per heavy atom. The van der Waals surface area contributed by atoms with E-state index in [-0.39, 0.29) is 5.82 Å². The minimum absolute atomic E-state index is 0.306. The zero-order chi connectivity index (χ0) is 10.8. The normalized spacial score (nSPS) is 12.7. The lowest BCUT2D eigenvalue weighted by atomic mass is 10.1. The number of aliphatic hydroxyl groups is 1. The van der Waals surface area contributed by atoms with Crippen molar-refractivity contribution in [3.63, 3.8) is 0 Å². The quantitative estimate of drug-likeness (QED) is 0.892. The van der Waals surface area contributed by atoms with Crippen LogP contribution in [0.4, 0.5) is 4.39 Å². The Morgan fingerprint density at radius 1 is 1.27 bits per heavy atom. The van der Waals surface area contributed by atoms with Gasteiger partial charge in [0, 0.05) is 10.0 Å². The summed E-state index contributed by atoms with van der Waals surface area (Å²) < 4.78 is 14.2. The highest BCUT2D eigenvalue weighted by molar-refractivity contribution is 9.10. The molecular weight excluding hydrogens is 279 g/mol. The van der Waals surface area contributed by atoms with E-state index in [9.17, 15) is 9.50 Å². The molecule has 0 radical (unpaired) electrons. The Kier molecular flexibility index (Phi) is 3.19. The van der Waals surface area contributed by atoms with E-state index in [2.05, 4.69) is 15.9 Å². The minimum Gasteiger partial charge on any atom is -0.383 e. The maximum Gasteiger partial charge on any atom is 0.129 e. The third-order valence-corrected chi connectivity index (χ3v) is 4.02. The highest BCUT2D eigenvalue weighted by Crippen LogP contribution is 2.33. The average Bonchev–Trinajstić information content (AvgIpc) is 2.64. The first kappa shape index (κ1) is 10.8. The number of rotatable bonds is 2. The number of thiophene rings is 1. The van der Waals surface area contributed by atoms with E-state index < -0.39 is 6.10 Å². The molecule has 2 rings (SSSR count). The standard InChI is InChI=1S/C11H8BrFOS/c12-8-5-6-15-11(8)10(14)7-3-1-2-4-9(7)13/h1-6,10,14H. The van der Waals surface area contributed by atoms with Crippen LogP contribution in [0.5, 0.6) is 0 Å². The van der Waals surface area contributed by atoms with Gasteiger partial charge in [0.25, 0.3) is 0 Å². The second-order valence-electron chi connectivity index (χ2n) is 3.06. The van der Waals surface area contributed by atoms with E-state index in [0.29, 0.717) is 5.56 Å². The molecule has 0 aliphatic carbocycles. The predicted molar refractivity (Wildman–Crippen MR) is 62.5 cm³/mol. The van der Waals surface area contributed by atoms with Crippen molar-refractivity contribution in [2.75, 3.05) is 0 Å². The fourth-order valence-electron chi connectivity index (χ4n) is 1.34. The Balaban J connectivity index is 2.41. The molecule has 15 heavy (non-hydrogen) atoms.